The van der Waals surface area contributed by atoms with Gasteiger partial charge in [0, 0.05) is 28.9 Å². The Morgan fingerprint density at radius 2 is 1.50 bits per heavy atom. The van der Waals surface area contributed by atoms with Crippen LogP contribution >= 0.6 is 0 Å². The molecule has 5 nitrogen and oxygen atoms in total. The van der Waals surface area contributed by atoms with Crippen molar-refractivity contribution in [3.63, 3.8) is 0 Å². The quantitative estimate of drug-likeness (QED) is 0.472. The fourth-order valence-corrected chi connectivity index (χ4v) is 3.81. The Morgan fingerprint density at radius 1 is 0.867 bits per heavy atom. The summed E-state index contributed by atoms with van der Waals surface area (Å²) in [5.74, 6) is 0.933. The van der Waals surface area contributed by atoms with E-state index in [2.05, 4.69) is 16.3 Å². The molecule has 2 heterocycles. The Kier molecular flexibility index (Phi) is 4.64. The monoisotopic (exact) mass is 395 g/mol. The first-order valence-electron chi connectivity index (χ1n) is 10.1. The zero-order valence-electron chi connectivity index (χ0n) is 16.7. The molecule has 1 aromatic heterocycles. The topological polar surface area (TPSA) is 59.2 Å². The van der Waals surface area contributed by atoms with Crippen molar-refractivity contribution in [1.82, 2.24) is 10.2 Å². The van der Waals surface area contributed by atoms with Gasteiger partial charge in [-0.05, 0) is 67.8 Å². The van der Waals surface area contributed by atoms with Crippen molar-refractivity contribution >= 4 is 11.6 Å². The van der Waals surface area contributed by atoms with Crippen LogP contribution < -0.4 is 4.90 Å². The van der Waals surface area contributed by atoms with Gasteiger partial charge in [0.2, 0.25) is 11.8 Å². The van der Waals surface area contributed by atoms with E-state index in [9.17, 15) is 4.79 Å². The molecule has 0 bridgehead atoms. The second-order valence-corrected chi connectivity index (χ2v) is 7.54. The predicted molar refractivity (Wildman–Crippen MR) is 116 cm³/mol. The van der Waals surface area contributed by atoms with Crippen molar-refractivity contribution in [3.05, 3.63) is 89.5 Å². The van der Waals surface area contributed by atoms with Crippen LogP contribution in [-0.4, -0.2) is 22.6 Å². The maximum Gasteiger partial charge on any atom is 0.258 e. The number of carbonyl (C=O) groups is 1. The molecule has 0 unspecified atom stereocenters. The average Bonchev–Trinajstić information content (AvgIpc) is 3.29. The van der Waals surface area contributed by atoms with Crippen LogP contribution in [0.2, 0.25) is 0 Å². The number of amides is 1. The van der Waals surface area contributed by atoms with Crippen LogP contribution in [0, 0.1) is 6.92 Å². The number of para-hydroxylation sites is 1. The fraction of sp³-hybridized carbons (Fsp3) is 0.160. The van der Waals surface area contributed by atoms with Gasteiger partial charge in [-0.3, -0.25) is 4.79 Å². The van der Waals surface area contributed by atoms with Crippen LogP contribution in [0.4, 0.5) is 5.69 Å². The number of rotatable bonds is 3. The predicted octanol–water partition coefficient (Wildman–Crippen LogP) is 5.31. The van der Waals surface area contributed by atoms with Gasteiger partial charge in [0.25, 0.3) is 5.91 Å². The molecule has 5 heteroatoms. The van der Waals surface area contributed by atoms with E-state index in [1.807, 2.05) is 78.6 Å². The summed E-state index contributed by atoms with van der Waals surface area (Å²) in [5.41, 5.74) is 5.73. The number of anilines is 1. The summed E-state index contributed by atoms with van der Waals surface area (Å²) in [4.78, 5) is 15.0. The number of hydrogen-bond donors (Lipinski definition) is 0. The molecular formula is C25H21N3O2. The van der Waals surface area contributed by atoms with Gasteiger partial charge in [0.05, 0.1) is 0 Å². The number of benzene rings is 3. The van der Waals surface area contributed by atoms with Gasteiger partial charge in [0.1, 0.15) is 0 Å². The van der Waals surface area contributed by atoms with Crippen LogP contribution in [-0.2, 0) is 6.42 Å². The first kappa shape index (κ1) is 18.3. The summed E-state index contributed by atoms with van der Waals surface area (Å²) >= 11 is 0. The molecule has 3 aromatic carbocycles. The van der Waals surface area contributed by atoms with Crippen molar-refractivity contribution in [2.45, 2.75) is 19.8 Å². The summed E-state index contributed by atoms with van der Waals surface area (Å²) in [7, 11) is 0. The Hall–Kier alpha value is -3.73. The highest BCUT2D eigenvalue weighted by atomic mass is 16.4. The van der Waals surface area contributed by atoms with Gasteiger partial charge in [-0.2, -0.15) is 0 Å². The lowest BCUT2D eigenvalue weighted by molar-refractivity contribution is 0.0985. The van der Waals surface area contributed by atoms with Crippen molar-refractivity contribution in [2.24, 2.45) is 0 Å². The molecule has 0 saturated carbocycles. The molecule has 148 valence electrons. The van der Waals surface area contributed by atoms with Crippen LogP contribution in [0.1, 0.15) is 27.9 Å². The Balaban J connectivity index is 1.38. The van der Waals surface area contributed by atoms with E-state index in [-0.39, 0.29) is 5.91 Å². The molecule has 1 amide bonds. The standard InChI is InChI=1S/C25H21N3O2/c1-17-8-10-19(11-9-17)23-26-27-24(30-23)20-12-14-21(15-13-20)25(29)28-16-4-6-18-5-2-3-7-22(18)28/h2-3,5,7-15H,4,6,16H2,1H3. The van der Waals surface area contributed by atoms with E-state index in [4.69, 9.17) is 4.42 Å². The molecule has 0 fully saturated rings. The van der Waals surface area contributed by atoms with Crippen LogP contribution in [0.15, 0.2) is 77.2 Å². The van der Waals surface area contributed by atoms with Crippen LogP contribution in [0.5, 0.6) is 0 Å². The number of fused-ring (bicyclic) bond motifs is 1. The lowest BCUT2D eigenvalue weighted by atomic mass is 10.0. The minimum Gasteiger partial charge on any atom is -0.416 e. The number of carbonyl (C=O) groups excluding carboxylic acids is 1. The van der Waals surface area contributed by atoms with Gasteiger partial charge in [-0.1, -0.05) is 35.9 Å². The third-order valence-electron chi connectivity index (χ3n) is 5.46. The highest BCUT2D eigenvalue weighted by Gasteiger charge is 2.23. The lowest BCUT2D eigenvalue weighted by Gasteiger charge is -2.29. The highest BCUT2D eigenvalue weighted by Crippen LogP contribution is 2.29. The van der Waals surface area contributed by atoms with Crippen molar-refractivity contribution < 1.29 is 9.21 Å². The van der Waals surface area contributed by atoms with Gasteiger partial charge in [-0.25, -0.2) is 0 Å². The Labute approximate surface area is 175 Å². The summed E-state index contributed by atoms with van der Waals surface area (Å²) < 4.78 is 5.84. The minimum absolute atomic E-state index is 0.0135. The third kappa shape index (κ3) is 3.39. The maximum absolute atomic E-state index is 13.1. The molecule has 4 aromatic rings. The molecule has 0 saturated heterocycles. The summed E-state index contributed by atoms with van der Waals surface area (Å²) in [5, 5.41) is 8.32. The number of hydrogen-bond acceptors (Lipinski definition) is 4. The Bertz CT molecular complexity index is 1190. The molecular weight excluding hydrogens is 374 g/mol. The largest absolute Gasteiger partial charge is 0.416 e. The van der Waals surface area contributed by atoms with Crippen molar-refractivity contribution in [3.8, 4) is 22.9 Å². The second kappa shape index (κ2) is 7.59. The van der Waals surface area contributed by atoms with Gasteiger partial charge in [0.15, 0.2) is 0 Å². The zero-order chi connectivity index (χ0) is 20.5. The minimum atomic E-state index is 0.0135. The molecule has 0 radical (unpaired) electrons. The molecule has 30 heavy (non-hydrogen) atoms. The van der Waals surface area contributed by atoms with Gasteiger partial charge >= 0.3 is 0 Å². The van der Waals surface area contributed by atoms with E-state index < -0.39 is 0 Å². The van der Waals surface area contributed by atoms with Crippen molar-refractivity contribution in [1.29, 1.82) is 0 Å². The number of aromatic nitrogens is 2. The van der Waals surface area contributed by atoms with E-state index in [1.54, 1.807) is 0 Å². The maximum atomic E-state index is 13.1. The van der Waals surface area contributed by atoms with E-state index in [0.29, 0.717) is 17.3 Å². The SMILES string of the molecule is Cc1ccc(-c2nnc(-c3ccc(C(=O)N4CCCc5ccccc54)cc3)o2)cc1. The first-order valence-corrected chi connectivity index (χ1v) is 10.1. The molecule has 0 atom stereocenters. The molecule has 1 aliphatic heterocycles. The van der Waals surface area contributed by atoms with Crippen LogP contribution in [0.3, 0.4) is 0 Å². The molecule has 0 aliphatic carbocycles. The Morgan fingerprint density at radius 3 is 2.20 bits per heavy atom. The molecule has 0 N–H and O–H groups in total. The van der Waals surface area contributed by atoms with Gasteiger partial charge < -0.3 is 9.32 Å². The average molecular weight is 395 g/mol. The highest BCUT2D eigenvalue weighted by molar-refractivity contribution is 6.06. The molecule has 5 rings (SSSR count). The summed E-state index contributed by atoms with van der Waals surface area (Å²) in [6.45, 7) is 2.77. The third-order valence-corrected chi connectivity index (χ3v) is 5.46. The molecule has 0 spiro atoms. The van der Waals surface area contributed by atoms with E-state index in [0.717, 1.165) is 36.2 Å². The summed E-state index contributed by atoms with van der Waals surface area (Å²) in [6, 6.07) is 23.4. The van der Waals surface area contributed by atoms with Gasteiger partial charge in [-0.15, -0.1) is 10.2 Å². The van der Waals surface area contributed by atoms with E-state index >= 15 is 0 Å². The zero-order valence-corrected chi connectivity index (χ0v) is 16.7. The van der Waals surface area contributed by atoms with Crippen molar-refractivity contribution in [2.75, 3.05) is 11.4 Å². The summed E-state index contributed by atoms with van der Waals surface area (Å²) in [6.07, 6.45) is 1.99. The normalized spacial score (nSPS) is 13.2. The molecule has 1 aliphatic rings. The first-order chi connectivity index (χ1) is 14.7. The van der Waals surface area contributed by atoms with E-state index in [1.165, 1.54) is 11.1 Å². The number of nitrogens with zero attached hydrogens (tertiary/aromatic N) is 3. The second-order valence-electron chi connectivity index (χ2n) is 7.54. The lowest BCUT2D eigenvalue weighted by Crippen LogP contribution is -2.35. The smallest absolute Gasteiger partial charge is 0.258 e. The van der Waals surface area contributed by atoms with Crippen LogP contribution in [0.25, 0.3) is 22.9 Å². The number of aryl methyl sites for hydroxylation is 2. The fourth-order valence-electron chi connectivity index (χ4n) is 3.81.